The highest BCUT2D eigenvalue weighted by atomic mass is 79.9. The van der Waals surface area contributed by atoms with Crippen LogP contribution in [0.4, 0.5) is 13.2 Å². The molecule has 0 heterocycles. The Labute approximate surface area is 105 Å². The maximum absolute atomic E-state index is 12.5. The minimum absolute atomic E-state index is 0.225. The molecular formula is C11H10BrF3O2. The van der Waals surface area contributed by atoms with Crippen LogP contribution >= 0.6 is 15.9 Å². The van der Waals surface area contributed by atoms with E-state index in [1.54, 1.807) is 0 Å². The zero-order valence-corrected chi connectivity index (χ0v) is 10.7. The van der Waals surface area contributed by atoms with Crippen molar-refractivity contribution in [1.29, 1.82) is 0 Å². The number of esters is 1. The summed E-state index contributed by atoms with van der Waals surface area (Å²) in [7, 11) is 0. The molecule has 0 aliphatic heterocycles. The topological polar surface area (TPSA) is 26.3 Å². The fourth-order valence-electron chi connectivity index (χ4n) is 1.30. The highest BCUT2D eigenvalue weighted by Crippen LogP contribution is 2.36. The number of benzene rings is 1. The van der Waals surface area contributed by atoms with Crippen molar-refractivity contribution in [3.05, 3.63) is 35.4 Å². The van der Waals surface area contributed by atoms with Crippen LogP contribution in [0.25, 0.3) is 0 Å². The maximum atomic E-state index is 12.5. The molecule has 0 bridgehead atoms. The fraction of sp³-hybridized carbons (Fsp3) is 0.364. The summed E-state index contributed by atoms with van der Waals surface area (Å²) in [6.07, 6.45) is -4.42. The Morgan fingerprint density at radius 3 is 2.29 bits per heavy atom. The number of rotatable bonds is 2. The Morgan fingerprint density at radius 2 is 1.82 bits per heavy atom. The van der Waals surface area contributed by atoms with E-state index < -0.39 is 22.2 Å². The molecule has 0 spiro atoms. The number of alkyl halides is 4. The first-order chi connectivity index (χ1) is 7.63. The zero-order chi connectivity index (χ0) is 13.3. The minimum Gasteiger partial charge on any atom is -0.443 e. The fourth-order valence-corrected chi connectivity index (χ4v) is 1.78. The number of halogens is 4. The molecule has 0 aliphatic rings. The molecule has 0 radical (unpaired) electrons. The van der Waals surface area contributed by atoms with Crippen molar-refractivity contribution in [3.63, 3.8) is 0 Å². The van der Waals surface area contributed by atoms with Gasteiger partial charge in [-0.1, -0.05) is 12.1 Å². The van der Waals surface area contributed by atoms with Crippen molar-refractivity contribution in [1.82, 2.24) is 0 Å². The van der Waals surface area contributed by atoms with Crippen molar-refractivity contribution >= 4 is 21.9 Å². The quantitative estimate of drug-likeness (QED) is 0.613. The number of hydrogen-bond donors (Lipinski definition) is 0. The molecule has 0 aromatic heterocycles. The van der Waals surface area contributed by atoms with Gasteiger partial charge in [-0.15, -0.1) is 0 Å². The number of ether oxygens (including phenoxy) is 1. The van der Waals surface area contributed by atoms with Crippen LogP contribution in [0.1, 0.15) is 25.0 Å². The summed E-state index contributed by atoms with van der Waals surface area (Å²) in [6.45, 7) is 2.65. The lowest BCUT2D eigenvalue weighted by molar-refractivity contribution is -0.147. The standard InChI is InChI=1S/C11H10BrF3O2/c1-7(16)17-10(2,12)8-4-3-5-9(6-8)11(13,14)15/h3-6H,1-2H3. The Balaban J connectivity index is 3.11. The monoisotopic (exact) mass is 310 g/mol. The zero-order valence-electron chi connectivity index (χ0n) is 9.14. The first-order valence-corrected chi connectivity index (χ1v) is 5.48. The van der Waals surface area contributed by atoms with Gasteiger partial charge in [0.15, 0.2) is 4.51 Å². The highest BCUT2D eigenvalue weighted by molar-refractivity contribution is 9.09. The van der Waals surface area contributed by atoms with E-state index in [9.17, 15) is 18.0 Å². The lowest BCUT2D eigenvalue weighted by atomic mass is 10.1. The van der Waals surface area contributed by atoms with E-state index in [0.29, 0.717) is 0 Å². The molecule has 1 aromatic carbocycles. The molecule has 6 heteroatoms. The second-order valence-electron chi connectivity index (χ2n) is 3.59. The van der Waals surface area contributed by atoms with Gasteiger partial charge in [-0.2, -0.15) is 13.2 Å². The third-order valence-corrected chi connectivity index (χ3v) is 2.66. The second-order valence-corrected chi connectivity index (χ2v) is 5.10. The third kappa shape index (κ3) is 3.73. The van der Waals surface area contributed by atoms with E-state index in [4.69, 9.17) is 4.74 Å². The molecule has 0 saturated heterocycles. The van der Waals surface area contributed by atoms with E-state index in [0.717, 1.165) is 12.1 Å². The van der Waals surface area contributed by atoms with Crippen LogP contribution in [-0.4, -0.2) is 5.97 Å². The van der Waals surface area contributed by atoms with Gasteiger partial charge in [0.25, 0.3) is 0 Å². The molecule has 1 atom stereocenters. The summed E-state index contributed by atoms with van der Waals surface area (Å²) in [4.78, 5) is 10.8. The third-order valence-electron chi connectivity index (χ3n) is 2.04. The average molecular weight is 311 g/mol. The van der Waals surface area contributed by atoms with Crippen molar-refractivity contribution in [2.75, 3.05) is 0 Å². The summed E-state index contributed by atoms with van der Waals surface area (Å²) < 4.78 is 41.1. The summed E-state index contributed by atoms with van der Waals surface area (Å²) in [5.41, 5.74) is -0.560. The molecule has 0 saturated carbocycles. The molecule has 1 rings (SSSR count). The van der Waals surface area contributed by atoms with Gasteiger partial charge in [0.05, 0.1) is 5.56 Å². The van der Waals surface area contributed by atoms with E-state index in [1.807, 2.05) is 0 Å². The van der Waals surface area contributed by atoms with Gasteiger partial charge in [-0.3, -0.25) is 4.79 Å². The normalized spacial score (nSPS) is 15.2. The van der Waals surface area contributed by atoms with Gasteiger partial charge in [0.2, 0.25) is 0 Å². The maximum Gasteiger partial charge on any atom is 0.416 e. The van der Waals surface area contributed by atoms with Crippen LogP contribution in [-0.2, 0) is 20.2 Å². The van der Waals surface area contributed by atoms with E-state index in [2.05, 4.69) is 15.9 Å². The van der Waals surface area contributed by atoms with E-state index in [-0.39, 0.29) is 5.56 Å². The van der Waals surface area contributed by atoms with Crippen LogP contribution in [0.2, 0.25) is 0 Å². The molecule has 1 aromatic rings. The average Bonchev–Trinajstić information content (AvgIpc) is 2.14. The predicted molar refractivity (Wildman–Crippen MR) is 59.5 cm³/mol. The van der Waals surface area contributed by atoms with Gasteiger partial charge in [-0.25, -0.2) is 0 Å². The van der Waals surface area contributed by atoms with Gasteiger partial charge < -0.3 is 4.74 Å². The Bertz CT molecular complexity index is 427. The number of carbonyl (C=O) groups is 1. The van der Waals surface area contributed by atoms with Crippen LogP contribution < -0.4 is 0 Å². The lowest BCUT2D eigenvalue weighted by Crippen LogP contribution is -2.21. The van der Waals surface area contributed by atoms with Crippen LogP contribution in [0, 0.1) is 0 Å². The molecule has 17 heavy (non-hydrogen) atoms. The lowest BCUT2D eigenvalue weighted by Gasteiger charge is -2.23. The number of carbonyl (C=O) groups excluding carboxylic acids is 1. The van der Waals surface area contributed by atoms with Crippen LogP contribution in [0.15, 0.2) is 24.3 Å². The highest BCUT2D eigenvalue weighted by Gasteiger charge is 2.33. The van der Waals surface area contributed by atoms with Crippen molar-refractivity contribution in [2.24, 2.45) is 0 Å². The van der Waals surface area contributed by atoms with E-state index in [1.165, 1.54) is 26.0 Å². The molecule has 0 aliphatic carbocycles. The minimum atomic E-state index is -4.42. The van der Waals surface area contributed by atoms with Gasteiger partial charge in [-0.05, 0) is 35.0 Å². The predicted octanol–water partition coefficient (Wildman–Crippen LogP) is 3.84. The molecule has 2 nitrogen and oxygen atoms in total. The Hall–Kier alpha value is -1.04. The largest absolute Gasteiger partial charge is 0.443 e. The van der Waals surface area contributed by atoms with Crippen LogP contribution in [0.5, 0.6) is 0 Å². The first-order valence-electron chi connectivity index (χ1n) is 4.69. The molecule has 1 unspecified atom stereocenters. The summed E-state index contributed by atoms with van der Waals surface area (Å²) in [5, 5.41) is 0. The van der Waals surface area contributed by atoms with Gasteiger partial charge >= 0.3 is 12.1 Å². The van der Waals surface area contributed by atoms with Crippen molar-refractivity contribution < 1.29 is 22.7 Å². The summed E-state index contributed by atoms with van der Waals surface area (Å²) in [6, 6.07) is 4.62. The Kier molecular flexibility index (Phi) is 3.86. The first kappa shape index (κ1) is 14.0. The molecule has 0 amide bonds. The Morgan fingerprint density at radius 1 is 1.29 bits per heavy atom. The second kappa shape index (κ2) is 4.68. The van der Waals surface area contributed by atoms with Gasteiger partial charge in [0, 0.05) is 12.5 Å². The van der Waals surface area contributed by atoms with E-state index >= 15 is 0 Å². The molecule has 0 N–H and O–H groups in total. The summed E-state index contributed by atoms with van der Waals surface area (Å²) in [5.74, 6) is -0.582. The SMILES string of the molecule is CC(=O)OC(C)(Br)c1cccc(C(F)(F)F)c1. The van der Waals surface area contributed by atoms with Crippen LogP contribution in [0.3, 0.4) is 0 Å². The molecule has 0 fully saturated rings. The summed E-state index contributed by atoms with van der Waals surface area (Å²) >= 11 is 3.08. The van der Waals surface area contributed by atoms with Crippen molar-refractivity contribution in [3.8, 4) is 0 Å². The number of hydrogen-bond acceptors (Lipinski definition) is 2. The molecule has 94 valence electrons. The smallest absolute Gasteiger partial charge is 0.416 e. The van der Waals surface area contributed by atoms with Gasteiger partial charge in [0.1, 0.15) is 0 Å². The van der Waals surface area contributed by atoms with Crippen molar-refractivity contribution in [2.45, 2.75) is 24.5 Å². The molecular weight excluding hydrogens is 301 g/mol.